The number of nitrogens with two attached hydrogens (primary N) is 1. The molecular weight excluding hydrogens is 330 g/mol. The van der Waals surface area contributed by atoms with Gasteiger partial charge in [-0.15, -0.1) is 0 Å². The molecule has 0 bridgehead atoms. The van der Waals surface area contributed by atoms with Crippen molar-refractivity contribution in [3.8, 4) is 16.9 Å². The maximum absolute atomic E-state index is 12.0. The molecule has 0 atom stereocenters. The summed E-state index contributed by atoms with van der Waals surface area (Å²) in [6.07, 6.45) is 1.41. The summed E-state index contributed by atoms with van der Waals surface area (Å²) in [4.78, 5) is 41.1. The van der Waals surface area contributed by atoms with Gasteiger partial charge in [0.05, 0.1) is 0 Å². The molecule has 25 heavy (non-hydrogen) atoms. The Morgan fingerprint density at radius 3 is 2.40 bits per heavy atom. The zero-order valence-electron chi connectivity index (χ0n) is 12.5. The van der Waals surface area contributed by atoms with E-state index < -0.39 is 45.8 Å². The molecular formula is C16H11N3O6. The number of carbonyl (C=O) groups is 2. The van der Waals surface area contributed by atoms with Crippen molar-refractivity contribution in [2.45, 2.75) is 0 Å². The molecule has 0 spiro atoms. The smallest absolute Gasteiger partial charge is 0.342 e. The van der Waals surface area contributed by atoms with Crippen LogP contribution in [0.25, 0.3) is 22.0 Å². The van der Waals surface area contributed by atoms with Crippen molar-refractivity contribution in [1.82, 2.24) is 9.97 Å². The van der Waals surface area contributed by atoms with Crippen LogP contribution in [-0.4, -0.2) is 37.2 Å². The second-order valence-electron chi connectivity index (χ2n) is 5.14. The van der Waals surface area contributed by atoms with Crippen molar-refractivity contribution < 1.29 is 24.9 Å². The predicted octanol–water partition coefficient (Wildman–Crippen LogP) is 1.27. The van der Waals surface area contributed by atoms with Crippen LogP contribution in [0.3, 0.4) is 0 Å². The van der Waals surface area contributed by atoms with Crippen molar-refractivity contribution in [2.75, 3.05) is 5.73 Å². The number of nitrogen functional groups attached to an aromatic ring is 1. The highest BCUT2D eigenvalue weighted by atomic mass is 16.4. The number of hydrogen-bond acceptors (Lipinski definition) is 6. The number of anilines is 1. The maximum atomic E-state index is 12.0. The molecule has 0 aliphatic heterocycles. The van der Waals surface area contributed by atoms with Crippen molar-refractivity contribution in [3.05, 3.63) is 51.9 Å². The van der Waals surface area contributed by atoms with E-state index in [4.69, 9.17) is 5.73 Å². The van der Waals surface area contributed by atoms with Gasteiger partial charge in [-0.3, -0.25) is 9.78 Å². The van der Waals surface area contributed by atoms with Gasteiger partial charge in [0.25, 0.3) is 5.56 Å². The number of rotatable bonds is 3. The van der Waals surface area contributed by atoms with Crippen LogP contribution in [0.15, 0.2) is 35.3 Å². The van der Waals surface area contributed by atoms with Crippen LogP contribution in [0.4, 0.5) is 5.82 Å². The van der Waals surface area contributed by atoms with Gasteiger partial charge in [-0.2, -0.15) is 0 Å². The van der Waals surface area contributed by atoms with Crippen LogP contribution in [0.1, 0.15) is 20.7 Å². The van der Waals surface area contributed by atoms with E-state index in [1.807, 2.05) is 4.98 Å². The molecule has 0 fully saturated rings. The number of fused-ring (bicyclic) bond motifs is 1. The highest BCUT2D eigenvalue weighted by Crippen LogP contribution is 2.38. The van der Waals surface area contributed by atoms with Crippen LogP contribution >= 0.6 is 0 Å². The molecule has 0 saturated heterocycles. The van der Waals surface area contributed by atoms with Gasteiger partial charge >= 0.3 is 11.9 Å². The molecule has 6 N–H and O–H groups in total. The first kappa shape index (κ1) is 16.0. The lowest BCUT2D eigenvalue weighted by Crippen LogP contribution is -2.24. The summed E-state index contributed by atoms with van der Waals surface area (Å²) < 4.78 is 0. The van der Waals surface area contributed by atoms with Gasteiger partial charge in [0.15, 0.2) is 0 Å². The number of benzene rings is 1. The number of hydrogen-bond donors (Lipinski definition) is 5. The van der Waals surface area contributed by atoms with Crippen LogP contribution in [0.2, 0.25) is 0 Å². The van der Waals surface area contributed by atoms with E-state index in [-0.39, 0.29) is 11.1 Å². The minimum absolute atomic E-state index is 0.131. The molecule has 9 nitrogen and oxygen atoms in total. The molecule has 0 aliphatic carbocycles. The molecule has 0 unspecified atom stereocenters. The Morgan fingerprint density at radius 2 is 1.76 bits per heavy atom. The first-order chi connectivity index (χ1) is 11.8. The van der Waals surface area contributed by atoms with Crippen LogP contribution in [0.5, 0.6) is 5.75 Å². The number of nitrogens with one attached hydrogen (secondary N) is 1. The Morgan fingerprint density at radius 1 is 1.08 bits per heavy atom. The Balaban J connectivity index is 2.53. The third-order valence-corrected chi connectivity index (χ3v) is 3.69. The average Bonchev–Trinajstić information content (AvgIpc) is 2.54. The van der Waals surface area contributed by atoms with Crippen molar-refractivity contribution in [2.24, 2.45) is 0 Å². The Labute approximate surface area is 139 Å². The van der Waals surface area contributed by atoms with E-state index >= 15 is 0 Å². The Hall–Kier alpha value is -3.88. The molecule has 1 aromatic carbocycles. The standard InChI is InChI=1S/C16H11N3O6/c17-13-9(15(22)23)8(10(16(24)25)14(21)19-13)7-4-3-6-2-1-5-18-11(6)12(7)20/h1-5,20H,(H,22,23)(H,24,25)(H3,17,19,21). The predicted molar refractivity (Wildman–Crippen MR) is 87.8 cm³/mol. The van der Waals surface area contributed by atoms with Gasteiger partial charge in [-0.1, -0.05) is 12.1 Å². The van der Waals surface area contributed by atoms with Gasteiger partial charge in [-0.05, 0) is 12.1 Å². The first-order valence-corrected chi connectivity index (χ1v) is 6.92. The minimum atomic E-state index is -1.65. The quantitative estimate of drug-likeness (QED) is 0.475. The summed E-state index contributed by atoms with van der Waals surface area (Å²) >= 11 is 0. The second-order valence-corrected chi connectivity index (χ2v) is 5.14. The van der Waals surface area contributed by atoms with Gasteiger partial charge in [0.2, 0.25) is 0 Å². The van der Waals surface area contributed by atoms with E-state index in [0.717, 1.165) is 0 Å². The number of aromatic nitrogens is 2. The Bertz CT molecular complexity index is 1100. The van der Waals surface area contributed by atoms with Gasteiger partial charge in [0.1, 0.15) is 28.2 Å². The largest absolute Gasteiger partial charge is 0.505 e. The SMILES string of the molecule is Nc1[nH]c(=O)c(C(=O)O)c(-c2ccc3cccnc3c2O)c1C(=O)O. The number of aromatic amines is 1. The van der Waals surface area contributed by atoms with E-state index in [1.165, 1.54) is 18.3 Å². The highest BCUT2D eigenvalue weighted by Gasteiger charge is 2.28. The average molecular weight is 341 g/mol. The molecule has 2 aromatic heterocycles. The van der Waals surface area contributed by atoms with E-state index in [1.54, 1.807) is 12.1 Å². The lowest BCUT2D eigenvalue weighted by molar-refractivity contribution is 0.0695. The fourth-order valence-electron chi connectivity index (χ4n) is 2.65. The molecule has 0 aliphatic rings. The summed E-state index contributed by atoms with van der Waals surface area (Å²) in [6.45, 7) is 0. The third kappa shape index (κ3) is 2.43. The molecule has 0 radical (unpaired) electrons. The molecule has 3 aromatic rings. The number of aromatic hydroxyl groups is 1. The summed E-state index contributed by atoms with van der Waals surface area (Å²) in [5.41, 5.74) is 2.51. The number of carboxylic acids is 2. The molecule has 2 heterocycles. The molecule has 0 amide bonds. The van der Waals surface area contributed by atoms with Gasteiger partial charge in [-0.25, -0.2) is 9.59 Å². The third-order valence-electron chi connectivity index (χ3n) is 3.69. The summed E-state index contributed by atoms with van der Waals surface area (Å²) in [7, 11) is 0. The number of phenols is 1. The highest BCUT2D eigenvalue weighted by molar-refractivity contribution is 6.09. The topological polar surface area (TPSA) is 167 Å². The van der Waals surface area contributed by atoms with E-state index in [0.29, 0.717) is 5.39 Å². The number of carboxylic acid groups (broad SMARTS) is 2. The van der Waals surface area contributed by atoms with Crippen LogP contribution < -0.4 is 11.3 Å². The fourth-order valence-corrected chi connectivity index (χ4v) is 2.65. The van der Waals surface area contributed by atoms with Crippen molar-refractivity contribution in [3.63, 3.8) is 0 Å². The molecule has 9 heteroatoms. The zero-order chi connectivity index (χ0) is 18.3. The van der Waals surface area contributed by atoms with Crippen LogP contribution in [-0.2, 0) is 0 Å². The summed E-state index contributed by atoms with van der Waals surface area (Å²) in [5.74, 6) is -4.17. The fraction of sp³-hybridized carbons (Fsp3) is 0. The minimum Gasteiger partial charge on any atom is -0.505 e. The second kappa shape index (κ2) is 5.64. The lowest BCUT2D eigenvalue weighted by Gasteiger charge is -2.14. The van der Waals surface area contributed by atoms with Crippen LogP contribution in [0, 0.1) is 0 Å². The zero-order valence-corrected chi connectivity index (χ0v) is 12.5. The monoisotopic (exact) mass is 341 g/mol. The number of pyridine rings is 2. The number of aromatic carboxylic acids is 2. The number of H-pyrrole nitrogens is 1. The maximum Gasteiger partial charge on any atom is 0.342 e. The number of nitrogens with zero attached hydrogens (tertiary/aromatic N) is 1. The van der Waals surface area contributed by atoms with E-state index in [9.17, 15) is 29.7 Å². The molecule has 126 valence electrons. The lowest BCUT2D eigenvalue weighted by atomic mass is 9.93. The van der Waals surface area contributed by atoms with Gasteiger partial charge < -0.3 is 26.0 Å². The first-order valence-electron chi connectivity index (χ1n) is 6.92. The summed E-state index contributed by atoms with van der Waals surface area (Å²) in [5, 5.41) is 29.8. The van der Waals surface area contributed by atoms with Gasteiger partial charge in [0, 0.05) is 22.7 Å². The normalized spacial score (nSPS) is 10.7. The Kier molecular flexibility index (Phi) is 3.61. The molecule has 3 rings (SSSR count). The van der Waals surface area contributed by atoms with Crippen molar-refractivity contribution in [1.29, 1.82) is 0 Å². The van der Waals surface area contributed by atoms with Crippen molar-refractivity contribution >= 4 is 28.7 Å². The number of phenolic OH excluding ortho intramolecular Hbond substituents is 1. The van der Waals surface area contributed by atoms with E-state index in [2.05, 4.69) is 4.98 Å². The summed E-state index contributed by atoms with van der Waals surface area (Å²) in [6, 6.07) is 6.13. The molecule has 0 saturated carbocycles.